The highest BCUT2D eigenvalue weighted by molar-refractivity contribution is 7.83. The number of rotatable bonds is 5. The molecule has 0 aliphatic rings. The van der Waals surface area contributed by atoms with Crippen molar-refractivity contribution < 1.29 is 17.4 Å². The zero-order valence-electron chi connectivity index (χ0n) is 16.3. The van der Waals surface area contributed by atoms with E-state index in [4.69, 9.17) is 5.73 Å². The number of pyridine rings is 2. The number of hydrogen-bond donors (Lipinski definition) is 2. The lowest BCUT2D eigenvalue weighted by molar-refractivity contribution is -0.146. The molecule has 4 aromatic rings. The van der Waals surface area contributed by atoms with Crippen molar-refractivity contribution in [2.45, 2.75) is 31.0 Å². The number of halogens is 3. The molecule has 0 radical (unpaired) electrons. The number of alkyl halides is 3. The van der Waals surface area contributed by atoms with E-state index in [0.29, 0.717) is 22.6 Å². The zero-order chi connectivity index (χ0) is 22.3. The summed E-state index contributed by atoms with van der Waals surface area (Å²) < 4.78 is 54.4. The van der Waals surface area contributed by atoms with Crippen molar-refractivity contribution in [1.82, 2.24) is 24.2 Å². The Labute approximate surface area is 181 Å². The van der Waals surface area contributed by atoms with E-state index in [1.54, 1.807) is 24.0 Å². The van der Waals surface area contributed by atoms with Crippen LogP contribution >= 0.6 is 11.3 Å². The van der Waals surface area contributed by atoms with Gasteiger partial charge >= 0.3 is 6.18 Å². The average Bonchev–Trinajstić information content (AvgIpc) is 3.33. The van der Waals surface area contributed by atoms with Crippen molar-refractivity contribution in [3.63, 3.8) is 0 Å². The summed E-state index contributed by atoms with van der Waals surface area (Å²) in [6.45, 7) is 2.83. The van der Waals surface area contributed by atoms with E-state index in [2.05, 4.69) is 15.0 Å². The Hall–Kier alpha value is -2.83. The van der Waals surface area contributed by atoms with E-state index in [1.165, 1.54) is 23.6 Å². The zero-order valence-corrected chi connectivity index (χ0v) is 18.0. The number of nitrogen functional groups attached to an aromatic ring is 1. The lowest BCUT2D eigenvalue weighted by Gasteiger charge is -2.16. The summed E-state index contributed by atoms with van der Waals surface area (Å²) >= 11 is 1.41. The van der Waals surface area contributed by atoms with E-state index in [9.17, 15) is 17.4 Å². The number of hydrogen-bond acceptors (Lipinski definition) is 6. The molecule has 0 saturated carbocycles. The number of anilines is 1. The summed E-state index contributed by atoms with van der Waals surface area (Å²) in [6.07, 6.45) is 0.181. The molecule has 31 heavy (non-hydrogen) atoms. The highest BCUT2D eigenvalue weighted by Gasteiger charge is 2.37. The van der Waals surface area contributed by atoms with Crippen LogP contribution in [0.15, 0.2) is 47.2 Å². The SMILES string of the molecule is Cc1cnc2c(N)c(-c3ccc(S(=O)NC(C)C(F)(F)F)cn3)n(-c3cncs3)c2c1. The molecule has 2 unspecified atom stereocenters. The molecule has 4 rings (SSSR count). The maximum absolute atomic E-state index is 12.7. The van der Waals surface area contributed by atoms with Crippen LogP contribution in [0.25, 0.3) is 27.4 Å². The molecule has 0 amide bonds. The molecule has 12 heteroatoms. The van der Waals surface area contributed by atoms with Crippen LogP contribution in [0.1, 0.15) is 12.5 Å². The number of nitrogens with zero attached hydrogens (tertiary/aromatic N) is 4. The molecule has 2 atom stereocenters. The van der Waals surface area contributed by atoms with Gasteiger partial charge < -0.3 is 5.73 Å². The Morgan fingerprint density at radius 3 is 2.61 bits per heavy atom. The first-order valence-electron chi connectivity index (χ1n) is 9.03. The third-order valence-electron chi connectivity index (χ3n) is 4.59. The number of nitrogens with two attached hydrogens (primary N) is 1. The smallest absolute Gasteiger partial charge is 0.395 e. The highest BCUT2D eigenvalue weighted by atomic mass is 32.2. The van der Waals surface area contributed by atoms with E-state index >= 15 is 0 Å². The van der Waals surface area contributed by atoms with Crippen LogP contribution in [-0.4, -0.2) is 35.9 Å². The van der Waals surface area contributed by atoms with Crippen molar-refractivity contribution in [2.24, 2.45) is 0 Å². The second-order valence-corrected chi connectivity index (χ2v) is 8.96. The highest BCUT2D eigenvalue weighted by Crippen LogP contribution is 2.38. The number of nitrogens with one attached hydrogen (secondary N) is 1. The standard InChI is InChI=1S/C19H17F3N6OS2/c1-10-5-14-17(26-6-10)16(23)18(28(14)15-8-24-9-30-15)13-4-3-12(7-25-13)31(29)27-11(2)19(20,21)22/h3-9,11,27H,23H2,1-2H3. The molecule has 3 N–H and O–H groups in total. The van der Waals surface area contributed by atoms with E-state index in [1.807, 2.05) is 22.3 Å². The Balaban J connectivity index is 1.77. The lowest BCUT2D eigenvalue weighted by Crippen LogP contribution is -2.40. The monoisotopic (exact) mass is 466 g/mol. The number of aromatic nitrogens is 4. The van der Waals surface area contributed by atoms with Gasteiger partial charge in [-0.2, -0.15) is 13.2 Å². The molecule has 7 nitrogen and oxygen atoms in total. The molecule has 0 aliphatic heterocycles. The Bertz CT molecular complexity index is 1250. The second kappa shape index (κ2) is 8.02. The molecule has 0 fully saturated rings. The average molecular weight is 467 g/mol. The van der Waals surface area contributed by atoms with E-state index < -0.39 is 23.2 Å². The minimum Gasteiger partial charge on any atom is -0.395 e. The molecule has 0 aromatic carbocycles. The summed E-state index contributed by atoms with van der Waals surface area (Å²) in [6, 6.07) is 3.06. The van der Waals surface area contributed by atoms with Crippen molar-refractivity contribution in [2.75, 3.05) is 5.73 Å². The van der Waals surface area contributed by atoms with Gasteiger partial charge in [-0.3, -0.25) is 19.5 Å². The van der Waals surface area contributed by atoms with Crippen molar-refractivity contribution in [1.29, 1.82) is 0 Å². The molecule has 4 aromatic heterocycles. The van der Waals surface area contributed by atoms with E-state index in [0.717, 1.165) is 23.0 Å². The van der Waals surface area contributed by atoms with Crippen LogP contribution in [0.3, 0.4) is 0 Å². The first-order valence-corrected chi connectivity index (χ1v) is 11.1. The molecule has 0 saturated heterocycles. The predicted octanol–water partition coefficient (Wildman–Crippen LogP) is 4.00. The Kier molecular flexibility index (Phi) is 5.54. The molecular formula is C19H17F3N6OS2. The molecule has 0 aliphatic carbocycles. The molecule has 162 valence electrons. The topological polar surface area (TPSA) is 98.7 Å². The first kappa shape index (κ1) is 21.4. The number of fused-ring (bicyclic) bond motifs is 1. The minimum absolute atomic E-state index is 0.118. The van der Waals surface area contributed by atoms with Gasteiger partial charge in [-0.1, -0.05) is 0 Å². The van der Waals surface area contributed by atoms with Gasteiger partial charge in [0.2, 0.25) is 0 Å². The second-order valence-electron chi connectivity index (χ2n) is 6.85. The largest absolute Gasteiger partial charge is 0.404 e. The van der Waals surface area contributed by atoms with Crippen molar-refractivity contribution in [3.05, 3.63) is 47.9 Å². The number of thiazole rings is 1. The van der Waals surface area contributed by atoms with Crippen LogP contribution in [0.4, 0.5) is 18.9 Å². The van der Waals surface area contributed by atoms with Crippen LogP contribution < -0.4 is 10.5 Å². The number of aryl methyl sites for hydroxylation is 1. The third kappa shape index (κ3) is 4.05. The first-order chi connectivity index (χ1) is 14.7. The van der Waals surface area contributed by atoms with Crippen LogP contribution in [-0.2, 0) is 11.0 Å². The molecular weight excluding hydrogens is 449 g/mol. The van der Waals surface area contributed by atoms with Gasteiger partial charge in [0, 0.05) is 12.4 Å². The van der Waals surface area contributed by atoms with Crippen LogP contribution in [0.5, 0.6) is 0 Å². The summed E-state index contributed by atoms with van der Waals surface area (Å²) in [4.78, 5) is 13.0. The van der Waals surface area contributed by atoms with Crippen molar-refractivity contribution >= 4 is 39.0 Å². The van der Waals surface area contributed by atoms with Crippen LogP contribution in [0, 0.1) is 6.92 Å². The molecule has 4 heterocycles. The van der Waals surface area contributed by atoms with Crippen LogP contribution in [0.2, 0.25) is 0 Å². The van der Waals surface area contributed by atoms with Gasteiger partial charge in [-0.25, -0.2) is 8.93 Å². The normalized spacial score (nSPS) is 14.1. The maximum Gasteiger partial charge on any atom is 0.404 e. The van der Waals surface area contributed by atoms with Gasteiger partial charge in [0.15, 0.2) is 0 Å². The van der Waals surface area contributed by atoms with Crippen molar-refractivity contribution in [3.8, 4) is 16.4 Å². The third-order valence-corrected chi connectivity index (χ3v) is 6.58. The summed E-state index contributed by atoms with van der Waals surface area (Å²) in [5.74, 6) is 0. The fraction of sp³-hybridized carbons (Fsp3) is 0.211. The Morgan fingerprint density at radius 1 is 1.23 bits per heavy atom. The maximum atomic E-state index is 12.7. The Morgan fingerprint density at radius 2 is 2.00 bits per heavy atom. The summed E-state index contributed by atoms with van der Waals surface area (Å²) in [5, 5.41) is 0.805. The quantitative estimate of drug-likeness (QED) is 0.463. The van der Waals surface area contributed by atoms with Gasteiger partial charge in [-0.05, 0) is 37.6 Å². The van der Waals surface area contributed by atoms with Gasteiger partial charge in [0.1, 0.15) is 27.5 Å². The fourth-order valence-corrected chi connectivity index (χ4v) is 4.59. The van der Waals surface area contributed by atoms with E-state index in [-0.39, 0.29) is 4.90 Å². The molecule has 0 bridgehead atoms. The summed E-state index contributed by atoms with van der Waals surface area (Å²) in [7, 11) is -2.07. The summed E-state index contributed by atoms with van der Waals surface area (Å²) in [5.41, 5.74) is 11.9. The minimum atomic E-state index is -4.50. The van der Waals surface area contributed by atoms with Gasteiger partial charge in [0.25, 0.3) is 0 Å². The van der Waals surface area contributed by atoms with Gasteiger partial charge in [0.05, 0.1) is 39.2 Å². The fourth-order valence-electron chi connectivity index (χ4n) is 3.01. The lowest BCUT2D eigenvalue weighted by atomic mass is 10.2. The molecule has 0 spiro atoms. The van der Waals surface area contributed by atoms with Gasteiger partial charge in [-0.15, -0.1) is 11.3 Å². The predicted molar refractivity (Wildman–Crippen MR) is 114 cm³/mol.